The van der Waals surface area contributed by atoms with Gasteiger partial charge in [0, 0.05) is 24.6 Å². The number of benzene rings is 2. The first kappa shape index (κ1) is 18.6. The SMILES string of the molecule is COc1cc(OC)c(OC)cc1CNC(=O)CCc1cccc(C)c1. The van der Waals surface area contributed by atoms with E-state index in [0.29, 0.717) is 30.2 Å². The molecule has 134 valence electrons. The van der Waals surface area contributed by atoms with Crippen LogP contribution in [0.25, 0.3) is 0 Å². The lowest BCUT2D eigenvalue weighted by Crippen LogP contribution is -2.23. The molecule has 0 fully saturated rings. The summed E-state index contributed by atoms with van der Waals surface area (Å²) in [4.78, 5) is 12.1. The Hall–Kier alpha value is -2.69. The first-order chi connectivity index (χ1) is 12.1. The van der Waals surface area contributed by atoms with Gasteiger partial charge in [0.25, 0.3) is 0 Å². The van der Waals surface area contributed by atoms with Crippen molar-refractivity contribution in [1.82, 2.24) is 5.32 Å². The zero-order valence-electron chi connectivity index (χ0n) is 15.2. The molecular weight excluding hydrogens is 318 g/mol. The topological polar surface area (TPSA) is 56.8 Å². The Balaban J connectivity index is 1.96. The van der Waals surface area contributed by atoms with Crippen molar-refractivity contribution in [3.63, 3.8) is 0 Å². The van der Waals surface area contributed by atoms with Crippen LogP contribution in [0.15, 0.2) is 36.4 Å². The van der Waals surface area contributed by atoms with Gasteiger partial charge in [-0.25, -0.2) is 0 Å². The van der Waals surface area contributed by atoms with Gasteiger partial charge in [0.15, 0.2) is 11.5 Å². The molecule has 0 aromatic heterocycles. The third-order valence-corrected chi connectivity index (χ3v) is 3.99. The average Bonchev–Trinajstić information content (AvgIpc) is 2.63. The van der Waals surface area contributed by atoms with Crippen molar-refractivity contribution in [2.75, 3.05) is 21.3 Å². The van der Waals surface area contributed by atoms with Gasteiger partial charge < -0.3 is 19.5 Å². The number of rotatable bonds is 8. The minimum atomic E-state index is -0.00153. The minimum Gasteiger partial charge on any atom is -0.496 e. The summed E-state index contributed by atoms with van der Waals surface area (Å²) in [6.45, 7) is 2.42. The van der Waals surface area contributed by atoms with Crippen LogP contribution >= 0.6 is 0 Å². The predicted octanol–water partition coefficient (Wildman–Crippen LogP) is 3.27. The van der Waals surface area contributed by atoms with E-state index in [0.717, 1.165) is 12.0 Å². The smallest absolute Gasteiger partial charge is 0.220 e. The maximum atomic E-state index is 12.1. The summed E-state index contributed by atoms with van der Waals surface area (Å²) in [6, 6.07) is 11.8. The number of carbonyl (C=O) groups is 1. The largest absolute Gasteiger partial charge is 0.496 e. The summed E-state index contributed by atoms with van der Waals surface area (Å²) in [7, 11) is 4.74. The Kier molecular flexibility index (Phi) is 6.69. The molecule has 25 heavy (non-hydrogen) atoms. The van der Waals surface area contributed by atoms with Gasteiger partial charge in [-0.2, -0.15) is 0 Å². The molecule has 0 aliphatic heterocycles. The Morgan fingerprint density at radius 1 is 0.960 bits per heavy atom. The van der Waals surface area contributed by atoms with Crippen molar-refractivity contribution in [1.29, 1.82) is 0 Å². The van der Waals surface area contributed by atoms with Crippen LogP contribution in [0.5, 0.6) is 17.2 Å². The molecule has 1 N–H and O–H groups in total. The Bertz CT molecular complexity index is 728. The molecule has 1 amide bonds. The molecule has 0 unspecified atom stereocenters. The highest BCUT2D eigenvalue weighted by atomic mass is 16.5. The second kappa shape index (κ2) is 8.97. The van der Waals surface area contributed by atoms with Gasteiger partial charge in [-0.1, -0.05) is 29.8 Å². The number of hydrogen-bond donors (Lipinski definition) is 1. The average molecular weight is 343 g/mol. The predicted molar refractivity (Wildman–Crippen MR) is 97.4 cm³/mol. The van der Waals surface area contributed by atoms with E-state index in [1.54, 1.807) is 27.4 Å². The summed E-state index contributed by atoms with van der Waals surface area (Å²) in [5.74, 6) is 1.84. The molecule has 5 heteroatoms. The van der Waals surface area contributed by atoms with Crippen LogP contribution in [-0.4, -0.2) is 27.2 Å². The fourth-order valence-electron chi connectivity index (χ4n) is 2.64. The lowest BCUT2D eigenvalue weighted by Gasteiger charge is -2.14. The normalized spacial score (nSPS) is 10.2. The standard InChI is InChI=1S/C20H25NO4/c1-14-6-5-7-15(10-14)8-9-20(22)21-13-16-11-18(24-3)19(25-4)12-17(16)23-2/h5-7,10-12H,8-9,13H2,1-4H3,(H,21,22). The van der Waals surface area contributed by atoms with Crippen LogP contribution in [0.4, 0.5) is 0 Å². The van der Waals surface area contributed by atoms with Crippen molar-refractivity contribution in [3.8, 4) is 17.2 Å². The maximum Gasteiger partial charge on any atom is 0.220 e. The van der Waals surface area contributed by atoms with Crippen molar-refractivity contribution in [3.05, 3.63) is 53.1 Å². The summed E-state index contributed by atoms with van der Waals surface area (Å²) < 4.78 is 15.9. The molecule has 0 aliphatic carbocycles. The Morgan fingerprint density at radius 3 is 2.28 bits per heavy atom. The molecule has 2 aromatic rings. The first-order valence-corrected chi connectivity index (χ1v) is 8.18. The number of nitrogens with one attached hydrogen (secondary N) is 1. The van der Waals surface area contributed by atoms with Crippen molar-refractivity contribution in [2.24, 2.45) is 0 Å². The molecule has 0 heterocycles. The number of amides is 1. The molecule has 5 nitrogen and oxygen atoms in total. The minimum absolute atomic E-state index is 0.00153. The molecule has 0 saturated heterocycles. The van der Waals surface area contributed by atoms with Gasteiger partial charge in [0.2, 0.25) is 5.91 Å². The van der Waals surface area contributed by atoms with Crippen LogP contribution in [0.2, 0.25) is 0 Å². The number of aryl methyl sites for hydroxylation is 2. The second-order valence-electron chi connectivity index (χ2n) is 5.78. The molecule has 0 radical (unpaired) electrons. The molecule has 0 atom stereocenters. The van der Waals surface area contributed by atoms with Crippen molar-refractivity contribution < 1.29 is 19.0 Å². The summed E-state index contributed by atoms with van der Waals surface area (Å²) in [5.41, 5.74) is 3.20. The van der Waals surface area contributed by atoms with Gasteiger partial charge in [-0.3, -0.25) is 4.79 Å². The molecule has 2 aromatic carbocycles. The number of hydrogen-bond acceptors (Lipinski definition) is 4. The third kappa shape index (κ3) is 5.14. The zero-order valence-corrected chi connectivity index (χ0v) is 15.2. The Morgan fingerprint density at radius 2 is 1.64 bits per heavy atom. The quantitative estimate of drug-likeness (QED) is 0.799. The number of carbonyl (C=O) groups excluding carboxylic acids is 1. The van der Waals surface area contributed by atoms with Crippen LogP contribution in [0, 0.1) is 6.92 Å². The molecular formula is C20H25NO4. The summed E-state index contributed by atoms with van der Waals surface area (Å²) in [5, 5.41) is 2.93. The van der Waals surface area contributed by atoms with Crippen LogP contribution in [0.3, 0.4) is 0 Å². The van der Waals surface area contributed by atoms with E-state index in [1.807, 2.05) is 31.2 Å². The van der Waals surface area contributed by atoms with E-state index < -0.39 is 0 Å². The Labute approximate surface area is 148 Å². The summed E-state index contributed by atoms with van der Waals surface area (Å²) >= 11 is 0. The lowest BCUT2D eigenvalue weighted by atomic mass is 10.1. The van der Waals surface area contributed by atoms with Crippen LogP contribution in [0.1, 0.15) is 23.1 Å². The monoisotopic (exact) mass is 343 g/mol. The van der Waals surface area contributed by atoms with Gasteiger partial charge in [-0.05, 0) is 25.0 Å². The van der Waals surface area contributed by atoms with E-state index in [4.69, 9.17) is 14.2 Å². The zero-order chi connectivity index (χ0) is 18.2. The maximum absolute atomic E-state index is 12.1. The van der Waals surface area contributed by atoms with Crippen molar-refractivity contribution >= 4 is 5.91 Å². The van der Waals surface area contributed by atoms with Gasteiger partial charge >= 0.3 is 0 Å². The highest BCUT2D eigenvalue weighted by molar-refractivity contribution is 5.76. The lowest BCUT2D eigenvalue weighted by molar-refractivity contribution is -0.121. The molecule has 0 bridgehead atoms. The van der Waals surface area contributed by atoms with E-state index in [1.165, 1.54) is 11.1 Å². The fraction of sp³-hybridized carbons (Fsp3) is 0.350. The van der Waals surface area contributed by atoms with Gasteiger partial charge in [0.1, 0.15) is 5.75 Å². The fourth-order valence-corrected chi connectivity index (χ4v) is 2.64. The van der Waals surface area contributed by atoms with E-state index in [2.05, 4.69) is 11.4 Å². The second-order valence-corrected chi connectivity index (χ2v) is 5.78. The summed E-state index contributed by atoms with van der Waals surface area (Å²) in [6.07, 6.45) is 1.16. The van der Waals surface area contributed by atoms with E-state index in [-0.39, 0.29) is 5.91 Å². The molecule has 2 rings (SSSR count). The number of methoxy groups -OCH3 is 3. The number of ether oxygens (including phenoxy) is 3. The van der Waals surface area contributed by atoms with Gasteiger partial charge in [-0.15, -0.1) is 0 Å². The van der Waals surface area contributed by atoms with E-state index >= 15 is 0 Å². The molecule has 0 aliphatic rings. The van der Waals surface area contributed by atoms with Crippen LogP contribution in [-0.2, 0) is 17.8 Å². The van der Waals surface area contributed by atoms with Crippen molar-refractivity contribution in [2.45, 2.75) is 26.3 Å². The van der Waals surface area contributed by atoms with Crippen LogP contribution < -0.4 is 19.5 Å². The first-order valence-electron chi connectivity index (χ1n) is 8.18. The highest BCUT2D eigenvalue weighted by Crippen LogP contribution is 2.34. The molecule has 0 spiro atoms. The highest BCUT2D eigenvalue weighted by Gasteiger charge is 2.12. The van der Waals surface area contributed by atoms with E-state index in [9.17, 15) is 4.79 Å². The van der Waals surface area contributed by atoms with Gasteiger partial charge in [0.05, 0.1) is 21.3 Å². The third-order valence-electron chi connectivity index (χ3n) is 3.99. The molecule has 0 saturated carbocycles.